The molecule has 5 nitrogen and oxygen atoms in total. The minimum absolute atomic E-state index is 0.162. The molecule has 1 fully saturated rings. The van der Waals surface area contributed by atoms with Crippen molar-refractivity contribution < 1.29 is 23.1 Å². The van der Waals surface area contributed by atoms with Crippen LogP contribution in [0.4, 0.5) is 0 Å². The van der Waals surface area contributed by atoms with Crippen molar-refractivity contribution in [3.63, 3.8) is 0 Å². The Kier molecular flexibility index (Phi) is 5.51. The van der Waals surface area contributed by atoms with Gasteiger partial charge in [0, 0.05) is 20.1 Å². The zero-order valence-corrected chi connectivity index (χ0v) is 12.9. The van der Waals surface area contributed by atoms with Gasteiger partial charge in [0.2, 0.25) is 0 Å². The van der Waals surface area contributed by atoms with Crippen LogP contribution in [0.1, 0.15) is 26.7 Å². The number of ether oxygens (including phenoxy) is 1. The Morgan fingerprint density at radius 1 is 1.58 bits per heavy atom. The summed E-state index contributed by atoms with van der Waals surface area (Å²) in [7, 11) is -0.734. The van der Waals surface area contributed by atoms with Gasteiger partial charge < -0.3 is 13.8 Å². The van der Waals surface area contributed by atoms with Crippen molar-refractivity contribution in [3.05, 3.63) is 12.7 Å². The maximum atomic E-state index is 12.1. The zero-order valence-electron chi connectivity index (χ0n) is 12.0. The monoisotopic (exact) mass is 290 g/mol. The molecule has 1 saturated heterocycles. The van der Waals surface area contributed by atoms with Gasteiger partial charge in [-0.25, -0.2) is 0 Å². The van der Waals surface area contributed by atoms with Gasteiger partial charge in [0.15, 0.2) is 0 Å². The maximum Gasteiger partial charge on any atom is 0.337 e. The molecule has 0 radical (unpaired) electrons. The lowest BCUT2D eigenvalue weighted by Crippen LogP contribution is -2.31. The molecule has 0 spiro atoms. The second kappa shape index (κ2) is 6.31. The van der Waals surface area contributed by atoms with Crippen molar-refractivity contribution in [2.24, 2.45) is 5.92 Å². The zero-order chi connectivity index (χ0) is 14.7. The van der Waals surface area contributed by atoms with E-state index in [1.54, 1.807) is 13.0 Å². The third kappa shape index (κ3) is 3.99. The van der Waals surface area contributed by atoms with Crippen LogP contribution in [0, 0.1) is 5.92 Å². The molecule has 0 aromatic carbocycles. The molecule has 6 heteroatoms. The van der Waals surface area contributed by atoms with Gasteiger partial charge in [-0.05, 0) is 19.8 Å². The van der Waals surface area contributed by atoms with E-state index in [4.69, 9.17) is 13.8 Å². The van der Waals surface area contributed by atoms with Gasteiger partial charge in [-0.15, -0.1) is 6.58 Å². The summed E-state index contributed by atoms with van der Waals surface area (Å²) < 4.78 is 27.4. The van der Waals surface area contributed by atoms with E-state index in [1.807, 2.05) is 6.92 Å². The van der Waals surface area contributed by atoms with Crippen LogP contribution in [0.15, 0.2) is 12.7 Å². The topological polar surface area (TPSA) is 61.8 Å². The highest BCUT2D eigenvalue weighted by molar-refractivity contribution is 7.54. The van der Waals surface area contributed by atoms with Gasteiger partial charge in [-0.1, -0.05) is 13.0 Å². The fourth-order valence-electron chi connectivity index (χ4n) is 2.14. The molecule has 1 rings (SSSR count). The molecule has 1 aliphatic heterocycles. The number of hydrogen-bond donors (Lipinski definition) is 0. The SMILES string of the molecule is C=C[C@@]1(C)CC[C@@H]([C@H](C)C(=O)CP(=O)(OC)OC)O1. The van der Waals surface area contributed by atoms with Crippen molar-refractivity contribution in [2.75, 3.05) is 20.4 Å². The minimum atomic E-state index is -3.30. The normalized spacial score (nSPS) is 29.2. The number of Topliss-reactive ketones (excluding diaryl/α,β-unsaturated/α-hetero) is 1. The Balaban J connectivity index is 2.64. The Labute approximate surface area is 114 Å². The molecule has 110 valence electrons. The minimum Gasteiger partial charge on any atom is -0.367 e. The largest absolute Gasteiger partial charge is 0.367 e. The number of hydrogen-bond acceptors (Lipinski definition) is 5. The lowest BCUT2D eigenvalue weighted by molar-refractivity contribution is -0.125. The van der Waals surface area contributed by atoms with Gasteiger partial charge >= 0.3 is 7.60 Å². The number of rotatable bonds is 7. The van der Waals surface area contributed by atoms with Crippen molar-refractivity contribution >= 4 is 13.4 Å². The second-order valence-electron chi connectivity index (χ2n) is 5.10. The predicted molar refractivity (Wildman–Crippen MR) is 73.4 cm³/mol. The summed E-state index contributed by atoms with van der Waals surface area (Å²) >= 11 is 0. The van der Waals surface area contributed by atoms with Crippen LogP contribution in [0.3, 0.4) is 0 Å². The van der Waals surface area contributed by atoms with Gasteiger partial charge in [-0.3, -0.25) is 9.36 Å². The molecular weight excluding hydrogens is 267 g/mol. The molecule has 0 amide bonds. The van der Waals surface area contributed by atoms with Gasteiger partial charge in [0.25, 0.3) is 0 Å². The van der Waals surface area contributed by atoms with Gasteiger partial charge in [-0.2, -0.15) is 0 Å². The average molecular weight is 290 g/mol. The molecule has 0 saturated carbocycles. The van der Waals surface area contributed by atoms with E-state index in [2.05, 4.69) is 6.58 Å². The molecule has 0 aromatic heterocycles. The van der Waals surface area contributed by atoms with Crippen LogP contribution in [0.2, 0.25) is 0 Å². The molecule has 3 atom stereocenters. The molecule has 1 heterocycles. The fraction of sp³-hybridized carbons (Fsp3) is 0.769. The van der Waals surface area contributed by atoms with Crippen LogP contribution in [0.25, 0.3) is 0 Å². The molecule has 0 aliphatic carbocycles. The average Bonchev–Trinajstić information content (AvgIpc) is 2.81. The van der Waals surface area contributed by atoms with Crippen LogP contribution < -0.4 is 0 Å². The van der Waals surface area contributed by atoms with E-state index >= 15 is 0 Å². The van der Waals surface area contributed by atoms with E-state index in [9.17, 15) is 9.36 Å². The van der Waals surface area contributed by atoms with Crippen molar-refractivity contribution in [2.45, 2.75) is 38.4 Å². The molecule has 0 N–H and O–H groups in total. The molecule has 0 bridgehead atoms. The van der Waals surface area contributed by atoms with E-state index in [1.165, 1.54) is 14.2 Å². The lowest BCUT2D eigenvalue weighted by atomic mass is 9.96. The first kappa shape index (κ1) is 16.6. The first-order valence-electron chi connectivity index (χ1n) is 6.34. The highest BCUT2D eigenvalue weighted by atomic mass is 31.2. The predicted octanol–water partition coefficient (Wildman–Crippen LogP) is 2.80. The van der Waals surface area contributed by atoms with Crippen LogP contribution in [0.5, 0.6) is 0 Å². The number of carbonyl (C=O) groups excluding carboxylic acids is 1. The fourth-order valence-corrected chi connectivity index (χ4v) is 3.22. The van der Waals surface area contributed by atoms with E-state index in [0.29, 0.717) is 0 Å². The summed E-state index contributed by atoms with van der Waals surface area (Å²) in [6.07, 6.45) is 3.01. The first-order valence-corrected chi connectivity index (χ1v) is 8.06. The van der Waals surface area contributed by atoms with Gasteiger partial charge in [0.1, 0.15) is 11.9 Å². The number of carbonyl (C=O) groups is 1. The molecule has 19 heavy (non-hydrogen) atoms. The summed E-state index contributed by atoms with van der Waals surface area (Å²) in [6, 6.07) is 0. The highest BCUT2D eigenvalue weighted by Crippen LogP contribution is 2.47. The summed E-state index contributed by atoms with van der Waals surface area (Å²) in [4.78, 5) is 12.1. The van der Waals surface area contributed by atoms with E-state index in [0.717, 1.165) is 12.8 Å². The van der Waals surface area contributed by atoms with Crippen LogP contribution in [-0.4, -0.2) is 37.9 Å². The smallest absolute Gasteiger partial charge is 0.337 e. The van der Waals surface area contributed by atoms with Crippen molar-refractivity contribution in [1.29, 1.82) is 0 Å². The third-order valence-corrected chi connectivity index (χ3v) is 5.56. The van der Waals surface area contributed by atoms with Gasteiger partial charge in [0.05, 0.1) is 11.7 Å². The van der Waals surface area contributed by atoms with Crippen molar-refractivity contribution in [3.8, 4) is 0 Å². The summed E-state index contributed by atoms with van der Waals surface area (Å²) in [5, 5.41) is 0. The standard InChI is InChI=1S/C13H23O5P/c1-6-13(3)8-7-12(18-13)10(2)11(14)9-19(15,16-4)17-5/h6,10,12H,1,7-9H2,2-5H3/t10-,12+,13+/m1/s1. The molecule has 0 unspecified atom stereocenters. The number of ketones is 1. The van der Waals surface area contributed by atoms with Crippen molar-refractivity contribution in [1.82, 2.24) is 0 Å². The maximum absolute atomic E-state index is 12.1. The molecule has 1 aliphatic rings. The highest BCUT2D eigenvalue weighted by Gasteiger charge is 2.40. The third-order valence-electron chi connectivity index (χ3n) is 3.75. The second-order valence-corrected chi connectivity index (χ2v) is 7.37. The Morgan fingerprint density at radius 2 is 2.16 bits per heavy atom. The quantitative estimate of drug-likeness (QED) is 0.533. The Bertz CT molecular complexity index is 386. The van der Waals surface area contributed by atoms with E-state index in [-0.39, 0.29) is 29.6 Å². The Hall–Kier alpha value is -0.480. The summed E-state index contributed by atoms with van der Waals surface area (Å²) in [6.45, 7) is 7.48. The molecular formula is C13H23O5P. The summed E-state index contributed by atoms with van der Waals surface area (Å²) in [5.41, 5.74) is -0.370. The lowest BCUT2D eigenvalue weighted by Gasteiger charge is -2.24. The van der Waals surface area contributed by atoms with Crippen LogP contribution in [-0.2, 0) is 23.1 Å². The summed E-state index contributed by atoms with van der Waals surface area (Å²) in [5.74, 6) is -0.495. The van der Waals surface area contributed by atoms with Crippen LogP contribution >= 0.6 is 7.60 Å². The molecule has 0 aromatic rings. The van der Waals surface area contributed by atoms with E-state index < -0.39 is 7.60 Å². The Morgan fingerprint density at radius 3 is 2.58 bits per heavy atom. The first-order chi connectivity index (χ1) is 8.79.